The van der Waals surface area contributed by atoms with Gasteiger partial charge in [-0.1, -0.05) is 13.8 Å². The molecule has 0 aromatic carbocycles. The topological polar surface area (TPSA) is 95.9 Å². The van der Waals surface area contributed by atoms with Crippen LogP contribution in [0.15, 0.2) is 0 Å². The zero-order valence-corrected chi connectivity index (χ0v) is 12.8. The Hall–Kier alpha value is -1.63. The molecule has 1 heterocycles. The molecule has 7 heteroatoms. The van der Waals surface area contributed by atoms with E-state index in [2.05, 4.69) is 5.32 Å². The summed E-state index contributed by atoms with van der Waals surface area (Å²) >= 11 is 0. The summed E-state index contributed by atoms with van der Waals surface area (Å²) < 4.78 is 5.00. The molecule has 0 aromatic rings. The molecule has 2 amide bonds. The van der Waals surface area contributed by atoms with E-state index < -0.39 is 12.1 Å². The third-order valence-corrected chi connectivity index (χ3v) is 3.41. The summed E-state index contributed by atoms with van der Waals surface area (Å²) in [5, 5.41) is 11.4. The lowest BCUT2D eigenvalue weighted by molar-refractivity contribution is -0.140. The van der Waals surface area contributed by atoms with E-state index in [-0.39, 0.29) is 37.1 Å². The normalized spacial score (nSPS) is 19.9. The van der Waals surface area contributed by atoms with Crippen LogP contribution in [0.3, 0.4) is 0 Å². The Balaban J connectivity index is 2.42. The molecule has 2 unspecified atom stereocenters. The Morgan fingerprint density at radius 2 is 2.14 bits per heavy atom. The molecular formula is C14H24N2O5. The molecule has 2 atom stereocenters. The van der Waals surface area contributed by atoms with Crippen molar-refractivity contribution in [3.63, 3.8) is 0 Å². The van der Waals surface area contributed by atoms with Crippen LogP contribution in [0.5, 0.6) is 0 Å². The van der Waals surface area contributed by atoms with Crippen molar-refractivity contribution in [1.82, 2.24) is 10.2 Å². The summed E-state index contributed by atoms with van der Waals surface area (Å²) in [5.74, 6) is -1.20. The minimum atomic E-state index is -0.977. The fourth-order valence-electron chi connectivity index (χ4n) is 2.36. The fraction of sp³-hybridized carbons (Fsp3) is 0.786. The molecule has 0 aromatic heterocycles. The first-order valence-corrected chi connectivity index (χ1v) is 7.13. The Bertz CT molecular complexity index is 397. The zero-order chi connectivity index (χ0) is 16.0. The number of carboxylic acid groups (broad SMARTS) is 1. The number of carbonyl (C=O) groups excluding carboxylic acids is 2. The highest BCUT2D eigenvalue weighted by Crippen LogP contribution is 2.19. The number of ether oxygens (including phenoxy) is 1. The van der Waals surface area contributed by atoms with Crippen LogP contribution >= 0.6 is 0 Å². The van der Waals surface area contributed by atoms with Gasteiger partial charge < -0.3 is 20.1 Å². The summed E-state index contributed by atoms with van der Waals surface area (Å²) in [6.07, 6.45) is -0.509. The van der Waals surface area contributed by atoms with Gasteiger partial charge >= 0.3 is 5.97 Å². The average Bonchev–Trinajstić information content (AvgIpc) is 2.74. The van der Waals surface area contributed by atoms with Crippen LogP contribution in [-0.4, -0.2) is 60.6 Å². The SMILES string of the molecule is COC(CNC(=O)C1CC(=O)N(CC(C)C)C1)CC(=O)O. The quantitative estimate of drug-likeness (QED) is 0.662. The first kappa shape index (κ1) is 17.4. The van der Waals surface area contributed by atoms with E-state index in [1.165, 1.54) is 7.11 Å². The molecule has 120 valence electrons. The third kappa shape index (κ3) is 5.71. The highest BCUT2D eigenvalue weighted by atomic mass is 16.5. The van der Waals surface area contributed by atoms with Gasteiger partial charge in [-0.3, -0.25) is 14.4 Å². The molecule has 1 aliphatic rings. The number of hydrogen-bond donors (Lipinski definition) is 2. The van der Waals surface area contributed by atoms with Crippen molar-refractivity contribution in [2.75, 3.05) is 26.7 Å². The number of carbonyl (C=O) groups is 3. The van der Waals surface area contributed by atoms with Crippen LogP contribution in [0.25, 0.3) is 0 Å². The lowest BCUT2D eigenvalue weighted by Gasteiger charge is -2.19. The summed E-state index contributed by atoms with van der Waals surface area (Å²) in [5.41, 5.74) is 0. The summed E-state index contributed by atoms with van der Waals surface area (Å²) in [7, 11) is 1.41. The fourth-order valence-corrected chi connectivity index (χ4v) is 2.36. The van der Waals surface area contributed by atoms with Crippen molar-refractivity contribution < 1.29 is 24.2 Å². The minimum absolute atomic E-state index is 0.00215. The number of methoxy groups -OCH3 is 1. The Morgan fingerprint density at radius 1 is 1.48 bits per heavy atom. The molecule has 0 aliphatic carbocycles. The van der Waals surface area contributed by atoms with Crippen molar-refractivity contribution in [1.29, 1.82) is 0 Å². The van der Waals surface area contributed by atoms with Crippen LogP contribution in [0.2, 0.25) is 0 Å². The summed E-state index contributed by atoms with van der Waals surface area (Å²) in [6.45, 7) is 5.27. The largest absolute Gasteiger partial charge is 0.481 e. The molecule has 2 N–H and O–H groups in total. The number of likely N-dealkylation sites (tertiary alicyclic amines) is 1. The lowest BCUT2D eigenvalue weighted by Crippen LogP contribution is -2.39. The van der Waals surface area contributed by atoms with Crippen molar-refractivity contribution in [3.05, 3.63) is 0 Å². The molecule has 7 nitrogen and oxygen atoms in total. The van der Waals surface area contributed by atoms with E-state index in [4.69, 9.17) is 9.84 Å². The second-order valence-electron chi connectivity index (χ2n) is 5.79. The number of amides is 2. The number of nitrogens with one attached hydrogen (secondary N) is 1. The van der Waals surface area contributed by atoms with Crippen molar-refractivity contribution in [3.8, 4) is 0 Å². The molecule has 1 saturated heterocycles. The maximum atomic E-state index is 12.0. The van der Waals surface area contributed by atoms with E-state index >= 15 is 0 Å². The van der Waals surface area contributed by atoms with Crippen molar-refractivity contribution in [2.45, 2.75) is 32.8 Å². The van der Waals surface area contributed by atoms with E-state index in [1.54, 1.807) is 4.90 Å². The molecule has 0 radical (unpaired) electrons. The Kier molecular flexibility index (Phi) is 6.61. The average molecular weight is 300 g/mol. The first-order valence-electron chi connectivity index (χ1n) is 7.13. The van der Waals surface area contributed by atoms with Crippen LogP contribution in [0, 0.1) is 11.8 Å². The molecule has 1 rings (SSSR count). The lowest BCUT2D eigenvalue weighted by atomic mass is 10.1. The summed E-state index contributed by atoms with van der Waals surface area (Å²) in [6, 6.07) is 0. The number of rotatable bonds is 8. The second-order valence-corrected chi connectivity index (χ2v) is 5.79. The van der Waals surface area contributed by atoms with Crippen molar-refractivity contribution in [2.24, 2.45) is 11.8 Å². The Labute approximate surface area is 124 Å². The number of aliphatic carboxylic acids is 1. The molecule has 0 spiro atoms. The van der Waals surface area contributed by atoms with Crippen LogP contribution in [0.1, 0.15) is 26.7 Å². The van der Waals surface area contributed by atoms with E-state index in [1.807, 2.05) is 13.8 Å². The molecule has 21 heavy (non-hydrogen) atoms. The summed E-state index contributed by atoms with van der Waals surface area (Å²) in [4.78, 5) is 36.2. The number of hydrogen-bond acceptors (Lipinski definition) is 4. The van der Waals surface area contributed by atoms with Gasteiger partial charge in [0.2, 0.25) is 11.8 Å². The molecule has 0 saturated carbocycles. The van der Waals surface area contributed by atoms with Crippen molar-refractivity contribution >= 4 is 17.8 Å². The number of nitrogens with zero attached hydrogens (tertiary/aromatic N) is 1. The van der Waals surface area contributed by atoms with Gasteiger partial charge in [-0.25, -0.2) is 0 Å². The van der Waals surface area contributed by atoms with Gasteiger partial charge in [0.05, 0.1) is 18.4 Å². The van der Waals surface area contributed by atoms with Gasteiger partial charge in [0, 0.05) is 33.2 Å². The monoisotopic (exact) mass is 300 g/mol. The maximum Gasteiger partial charge on any atom is 0.306 e. The van der Waals surface area contributed by atoms with Gasteiger partial charge in [0.15, 0.2) is 0 Å². The predicted molar refractivity (Wildman–Crippen MR) is 75.6 cm³/mol. The highest BCUT2D eigenvalue weighted by molar-refractivity contribution is 5.89. The van der Waals surface area contributed by atoms with Gasteiger partial charge in [0.25, 0.3) is 0 Å². The van der Waals surface area contributed by atoms with Crippen LogP contribution in [-0.2, 0) is 19.1 Å². The van der Waals surface area contributed by atoms with Gasteiger partial charge in [-0.2, -0.15) is 0 Å². The standard InChI is InChI=1S/C14H24N2O5/c1-9(2)7-16-8-10(4-12(16)17)14(20)15-6-11(21-3)5-13(18)19/h9-11H,4-8H2,1-3H3,(H,15,20)(H,18,19). The number of carboxylic acids is 1. The third-order valence-electron chi connectivity index (χ3n) is 3.41. The van der Waals surface area contributed by atoms with E-state index in [9.17, 15) is 14.4 Å². The zero-order valence-electron chi connectivity index (χ0n) is 12.8. The molecule has 0 bridgehead atoms. The first-order chi connectivity index (χ1) is 9.83. The molecule has 1 aliphatic heterocycles. The Morgan fingerprint density at radius 3 is 2.67 bits per heavy atom. The van der Waals surface area contributed by atoms with E-state index in [0.29, 0.717) is 19.0 Å². The highest BCUT2D eigenvalue weighted by Gasteiger charge is 2.34. The molecule has 1 fully saturated rings. The predicted octanol–water partition coefficient (Wildman–Crippen LogP) is 0.0968. The second kappa shape index (κ2) is 7.97. The van der Waals surface area contributed by atoms with Crippen LogP contribution < -0.4 is 5.32 Å². The van der Waals surface area contributed by atoms with Crippen LogP contribution in [0.4, 0.5) is 0 Å². The maximum absolute atomic E-state index is 12.0. The minimum Gasteiger partial charge on any atom is -0.481 e. The van der Waals surface area contributed by atoms with Gasteiger partial charge in [-0.05, 0) is 5.92 Å². The van der Waals surface area contributed by atoms with E-state index in [0.717, 1.165) is 0 Å². The van der Waals surface area contributed by atoms with Gasteiger partial charge in [0.1, 0.15) is 0 Å². The smallest absolute Gasteiger partial charge is 0.306 e. The molecular weight excluding hydrogens is 276 g/mol. The van der Waals surface area contributed by atoms with Gasteiger partial charge in [-0.15, -0.1) is 0 Å².